The summed E-state index contributed by atoms with van der Waals surface area (Å²) in [5.41, 5.74) is 12.4. The van der Waals surface area contributed by atoms with Crippen molar-refractivity contribution in [1.29, 1.82) is 0 Å². The average molecular weight is 1060 g/mol. The third-order valence-electron chi connectivity index (χ3n) is 12.5. The Labute approximate surface area is 438 Å². The Morgan fingerprint density at radius 3 is 2.03 bits per heavy atom. The van der Waals surface area contributed by atoms with E-state index in [4.69, 9.17) is 16.2 Å². The molecule has 1 aliphatic heterocycles. The molecule has 0 radical (unpaired) electrons. The zero-order chi connectivity index (χ0) is 55.8. The molecule has 12 N–H and O–H groups in total. The first-order valence-electron chi connectivity index (χ1n) is 24.5. The highest BCUT2D eigenvalue weighted by molar-refractivity contribution is 7.98. The van der Waals surface area contributed by atoms with Gasteiger partial charge >= 0.3 is 11.9 Å². The van der Waals surface area contributed by atoms with E-state index in [2.05, 4.69) is 43.5 Å². The van der Waals surface area contributed by atoms with E-state index in [9.17, 15) is 53.4 Å². The molecule has 1 aromatic rings. The van der Waals surface area contributed by atoms with Crippen LogP contribution in [0.15, 0.2) is 71.4 Å². The number of nitrogens with two attached hydrogens (primary N) is 2. The van der Waals surface area contributed by atoms with Gasteiger partial charge in [0.2, 0.25) is 35.4 Å². The minimum Gasteiger partial charge on any atom is -0.480 e. The summed E-state index contributed by atoms with van der Waals surface area (Å²) in [6.45, 7) is 13.7. The number of ether oxygens (including phenoxy) is 1. The highest BCUT2D eigenvalue weighted by Crippen LogP contribution is 2.19. The summed E-state index contributed by atoms with van der Waals surface area (Å²) in [7, 11) is 2.85. The van der Waals surface area contributed by atoms with E-state index >= 15 is 0 Å². The number of hydrogen-bond donors (Lipinski definition) is 10. The molecule has 0 aromatic heterocycles. The highest BCUT2D eigenvalue weighted by atomic mass is 32.2. The van der Waals surface area contributed by atoms with Crippen molar-refractivity contribution in [3.8, 4) is 0 Å². The summed E-state index contributed by atoms with van der Waals surface area (Å²) in [4.78, 5) is 128. The van der Waals surface area contributed by atoms with Gasteiger partial charge in [-0.2, -0.15) is 11.8 Å². The molecule has 1 aromatic carbocycles. The molecule has 0 aliphatic carbocycles. The Hall–Kier alpha value is -6.75. The lowest BCUT2D eigenvalue weighted by Crippen LogP contribution is -2.59. The molecule has 23 heteroatoms. The molecule has 1 fully saturated rings. The second kappa shape index (κ2) is 31.8. The van der Waals surface area contributed by atoms with Gasteiger partial charge in [-0.1, -0.05) is 95.3 Å². The molecule has 410 valence electrons. The molecule has 74 heavy (non-hydrogen) atoms. The van der Waals surface area contributed by atoms with E-state index in [0.29, 0.717) is 17.7 Å². The van der Waals surface area contributed by atoms with Crippen LogP contribution in [0.1, 0.15) is 85.6 Å². The summed E-state index contributed by atoms with van der Waals surface area (Å²) in [5.74, 6) is -12.1. The van der Waals surface area contributed by atoms with Gasteiger partial charge in [0.25, 0.3) is 5.91 Å². The number of carboxylic acid groups (broad SMARTS) is 2. The first-order valence-corrected chi connectivity index (χ1v) is 25.9. The van der Waals surface area contributed by atoms with Crippen LogP contribution in [0.5, 0.6) is 0 Å². The monoisotopic (exact) mass is 1050 g/mol. The zero-order valence-corrected chi connectivity index (χ0v) is 44.8. The van der Waals surface area contributed by atoms with Gasteiger partial charge in [0, 0.05) is 33.0 Å². The molecule has 7 amide bonds. The first-order chi connectivity index (χ1) is 34.8. The molecular weight excluding hydrogens is 977 g/mol. The first kappa shape index (κ1) is 63.4. The minimum absolute atomic E-state index is 0.00861. The number of guanidine groups is 1. The fourth-order valence-corrected chi connectivity index (χ4v) is 8.30. The number of nitrogens with one attached hydrogen (secondary N) is 6. The van der Waals surface area contributed by atoms with Crippen molar-refractivity contribution >= 4 is 71.0 Å². The van der Waals surface area contributed by atoms with E-state index in [1.54, 1.807) is 40.2 Å². The van der Waals surface area contributed by atoms with Crippen molar-refractivity contribution in [2.45, 2.75) is 129 Å². The lowest BCUT2D eigenvalue weighted by molar-refractivity contribution is -0.146. The number of aliphatic carboxylic acids is 2. The van der Waals surface area contributed by atoms with Crippen LogP contribution in [-0.4, -0.2) is 149 Å². The van der Waals surface area contributed by atoms with Crippen LogP contribution in [0.2, 0.25) is 0 Å². The number of hydrogen-bond acceptors (Lipinski definition) is 12. The summed E-state index contributed by atoms with van der Waals surface area (Å²) in [6.07, 6.45) is 6.48. The third-order valence-corrected chi connectivity index (χ3v) is 13.1. The maximum Gasteiger partial charge on any atom is 0.327 e. The summed E-state index contributed by atoms with van der Waals surface area (Å²) < 4.78 is 5.82. The van der Waals surface area contributed by atoms with Crippen molar-refractivity contribution in [2.75, 3.05) is 32.7 Å². The molecule has 1 saturated heterocycles. The van der Waals surface area contributed by atoms with Gasteiger partial charge in [0.05, 0.1) is 24.0 Å². The Morgan fingerprint density at radius 2 is 1.45 bits per heavy atom. The lowest BCUT2D eigenvalue weighted by Gasteiger charge is -2.29. The molecule has 0 bridgehead atoms. The van der Waals surface area contributed by atoms with Gasteiger partial charge in [0.15, 0.2) is 5.96 Å². The van der Waals surface area contributed by atoms with Gasteiger partial charge in [-0.15, -0.1) is 0 Å². The molecule has 0 unspecified atom stereocenters. The Balaban J connectivity index is 2.77. The molecule has 10 atom stereocenters. The van der Waals surface area contributed by atoms with Crippen LogP contribution in [0.25, 0.3) is 0 Å². The van der Waals surface area contributed by atoms with Crippen molar-refractivity contribution in [3.05, 3.63) is 72.0 Å². The number of allylic oxidation sites excluding steroid dienone is 2. The highest BCUT2D eigenvalue weighted by Gasteiger charge is 2.38. The second-order valence-electron chi connectivity index (χ2n) is 18.9. The Morgan fingerprint density at radius 1 is 0.851 bits per heavy atom. The number of carbonyl (C=O) groups is 9. The van der Waals surface area contributed by atoms with E-state index in [1.165, 1.54) is 38.7 Å². The molecule has 0 saturated carbocycles. The van der Waals surface area contributed by atoms with E-state index in [1.807, 2.05) is 43.3 Å². The largest absolute Gasteiger partial charge is 0.480 e. The molecular formula is C51H78N10O12S. The third kappa shape index (κ3) is 21.4. The molecule has 22 nitrogen and oxygen atoms in total. The van der Waals surface area contributed by atoms with Crippen molar-refractivity contribution in [2.24, 2.45) is 40.1 Å². The van der Waals surface area contributed by atoms with Crippen LogP contribution in [0, 0.1) is 23.7 Å². The number of rotatable bonds is 18. The predicted octanol–water partition coefficient (Wildman–Crippen LogP) is 1.35. The van der Waals surface area contributed by atoms with Crippen LogP contribution < -0.4 is 43.4 Å². The SMILES string of the molecule is C=C1C(=O)N[C@H](CCSC)C(=O)N[C@@H](CC(C)C)C(=O)N[C@@H](C(=O)O)[C@H](C)C(=O)N[C@@H](CCCN=C(N)N)C(=O)N[C@@H](/C=C/C(C)=C/[C@H](C)[C@H](Cc2ccccc2)OC)[C@H](C)C(=O)N[C@@H](C(=O)O)CCC(=O)N1C. The number of aliphatic imine (C=N–C) groups is 1. The maximum absolute atomic E-state index is 14.4. The topological polar surface area (TPSA) is 343 Å². The molecule has 0 spiro atoms. The quantitative estimate of drug-likeness (QED) is 0.0326. The average Bonchev–Trinajstić information content (AvgIpc) is 3.34. The van der Waals surface area contributed by atoms with Crippen LogP contribution in [0.4, 0.5) is 0 Å². The number of amides is 7. The number of nitrogens with zero attached hydrogens (tertiary/aromatic N) is 2. The standard InChI is InChI=1S/C51H78N10O12S/c1-28(2)25-39-48(68)60-42(50(71)72)32(6)44(64)56-36(17-14-23-54-51(52)53)46(66)55-35(19-18-29(3)26-30(4)40(73-9)27-34-15-12-11-13-16-34)31(5)43(63)58-38(49(69)70)20-21-41(62)61(8)33(7)45(65)57-37(22-24-74-10)47(67)59-39/h11-13,15-16,18-19,26,28,30-32,35-40,42H,7,14,17,20-25,27H2,1-6,8-10H3,(H,55,66)(H,56,64)(H,57,65)(H,58,63)(H,59,67)(H,60,68)(H,69,70)(H,71,72)(H4,52,53,54)/b19-18+,29-26+/t30-,31-,32-,35-,36-,37+,38+,39-,40-,42+/m0/s1. The van der Waals surface area contributed by atoms with E-state index in [-0.39, 0.29) is 56.1 Å². The fourth-order valence-electron chi connectivity index (χ4n) is 7.83. The summed E-state index contributed by atoms with van der Waals surface area (Å²) in [5, 5.41) is 36.0. The molecule has 1 heterocycles. The maximum atomic E-state index is 14.4. The van der Waals surface area contributed by atoms with E-state index < -0.39 is 120 Å². The number of thioether (sulfide) groups is 1. The summed E-state index contributed by atoms with van der Waals surface area (Å²) in [6, 6.07) is 1.04. The van der Waals surface area contributed by atoms with Gasteiger partial charge in [-0.25, -0.2) is 9.59 Å². The number of likely N-dealkylation sites (N-methyl/N-ethyl adjacent to an activating group) is 1. The van der Waals surface area contributed by atoms with Crippen molar-refractivity contribution < 1.29 is 58.1 Å². The number of methoxy groups -OCH3 is 1. The lowest BCUT2D eigenvalue weighted by atomic mass is 9.94. The van der Waals surface area contributed by atoms with Crippen LogP contribution in [-0.2, 0) is 54.3 Å². The smallest absolute Gasteiger partial charge is 0.327 e. The van der Waals surface area contributed by atoms with Crippen LogP contribution >= 0.6 is 11.8 Å². The second-order valence-corrected chi connectivity index (χ2v) is 19.9. The Bertz CT molecular complexity index is 2220. The van der Waals surface area contributed by atoms with Gasteiger partial charge in [0.1, 0.15) is 35.9 Å². The minimum atomic E-state index is -1.89. The predicted molar refractivity (Wildman–Crippen MR) is 282 cm³/mol. The molecule has 1 aliphatic rings. The fraction of sp³-hybridized carbons (Fsp3) is 0.569. The van der Waals surface area contributed by atoms with Crippen molar-refractivity contribution in [1.82, 2.24) is 36.8 Å². The van der Waals surface area contributed by atoms with E-state index in [0.717, 1.165) is 10.5 Å². The zero-order valence-electron chi connectivity index (χ0n) is 44.0. The number of benzene rings is 1. The van der Waals surface area contributed by atoms with Gasteiger partial charge in [-0.3, -0.25) is 38.6 Å². The number of carboxylic acids is 2. The van der Waals surface area contributed by atoms with Crippen LogP contribution in [0.3, 0.4) is 0 Å². The van der Waals surface area contributed by atoms with Gasteiger partial charge in [-0.05, 0) is 68.9 Å². The Kier molecular flexibility index (Phi) is 27.2. The number of carbonyl (C=O) groups excluding carboxylic acids is 7. The van der Waals surface area contributed by atoms with Crippen molar-refractivity contribution in [3.63, 3.8) is 0 Å². The summed E-state index contributed by atoms with van der Waals surface area (Å²) >= 11 is 1.36. The normalized spacial score (nSPS) is 24.8. The molecule has 2 rings (SSSR count). The van der Waals surface area contributed by atoms with Gasteiger partial charge < -0.3 is 63.2 Å².